The molecule has 0 saturated carbocycles. The lowest BCUT2D eigenvalue weighted by Crippen LogP contribution is -2.49. The lowest BCUT2D eigenvalue weighted by atomic mass is 9.76. The third-order valence-electron chi connectivity index (χ3n) is 4.18. The largest absolute Gasteiger partial charge is 0.375 e. The molecule has 1 atom stereocenters. The van der Waals surface area contributed by atoms with E-state index >= 15 is 0 Å². The second-order valence-electron chi connectivity index (χ2n) is 6.11. The van der Waals surface area contributed by atoms with E-state index in [4.69, 9.17) is 0 Å². The molecule has 22 heavy (non-hydrogen) atoms. The van der Waals surface area contributed by atoms with Crippen LogP contribution in [-0.2, 0) is 10.4 Å². The van der Waals surface area contributed by atoms with Crippen molar-refractivity contribution in [1.29, 1.82) is 0 Å². The molecule has 2 aromatic rings. The Morgan fingerprint density at radius 1 is 1.09 bits per heavy atom. The molecule has 0 aliphatic carbocycles. The number of aliphatic hydroxyl groups is 1. The molecule has 0 saturated heterocycles. The van der Waals surface area contributed by atoms with Crippen molar-refractivity contribution >= 4 is 11.5 Å². The van der Waals surface area contributed by atoms with Crippen molar-refractivity contribution in [2.45, 2.75) is 31.9 Å². The first kappa shape index (κ1) is 14.6. The van der Waals surface area contributed by atoms with Gasteiger partial charge in [0.15, 0.2) is 5.60 Å². The molecule has 1 aliphatic heterocycles. The summed E-state index contributed by atoms with van der Waals surface area (Å²) in [5.41, 5.74) is -0.285. The fourth-order valence-corrected chi connectivity index (χ4v) is 2.91. The van der Waals surface area contributed by atoms with Crippen molar-refractivity contribution < 1.29 is 9.90 Å². The van der Waals surface area contributed by atoms with Crippen LogP contribution in [0.25, 0.3) is 0 Å². The van der Waals surface area contributed by atoms with Crippen molar-refractivity contribution in [2.24, 2.45) is 4.99 Å². The fourth-order valence-electron chi connectivity index (χ4n) is 2.91. The van der Waals surface area contributed by atoms with Crippen LogP contribution in [-0.4, -0.2) is 27.1 Å². The summed E-state index contributed by atoms with van der Waals surface area (Å²) >= 11 is 0. The third kappa shape index (κ3) is 1.99. The number of aliphatic imine (C=N–C) groups is 1. The number of hydrogen-bond donors (Lipinski definition) is 1. The van der Waals surface area contributed by atoms with Gasteiger partial charge in [-0.05, 0) is 38.5 Å². The number of Topliss-reactive ketones (excluding diaryl/α,β-unsaturated/α-hetero) is 1. The number of ketones is 1. The molecule has 0 bridgehead atoms. The summed E-state index contributed by atoms with van der Waals surface area (Å²) in [6.45, 7) is 5.38. The highest BCUT2D eigenvalue weighted by molar-refractivity contribution is 6.50. The number of carbonyl (C=O) groups is 1. The monoisotopic (exact) mass is 294 g/mol. The van der Waals surface area contributed by atoms with Crippen LogP contribution in [0, 0.1) is 6.92 Å². The maximum absolute atomic E-state index is 13.0. The van der Waals surface area contributed by atoms with Gasteiger partial charge in [-0.2, -0.15) is 0 Å². The molecule has 0 amide bonds. The number of aromatic nitrogens is 1. The summed E-state index contributed by atoms with van der Waals surface area (Å²) in [6.07, 6.45) is 1.60. The first-order valence-corrected chi connectivity index (χ1v) is 7.22. The van der Waals surface area contributed by atoms with E-state index in [1.165, 1.54) is 0 Å². The van der Waals surface area contributed by atoms with Gasteiger partial charge in [0.25, 0.3) is 0 Å². The Morgan fingerprint density at radius 2 is 1.77 bits per heavy atom. The van der Waals surface area contributed by atoms with Gasteiger partial charge >= 0.3 is 0 Å². The van der Waals surface area contributed by atoms with Crippen LogP contribution in [0.2, 0.25) is 0 Å². The van der Waals surface area contributed by atoms with E-state index in [1.54, 1.807) is 32.2 Å². The molecule has 0 radical (unpaired) electrons. The van der Waals surface area contributed by atoms with Gasteiger partial charge in [0.2, 0.25) is 5.78 Å². The van der Waals surface area contributed by atoms with Crippen molar-refractivity contribution in [3.8, 4) is 0 Å². The van der Waals surface area contributed by atoms with E-state index in [2.05, 4.69) is 9.98 Å². The Morgan fingerprint density at radius 3 is 2.41 bits per heavy atom. The van der Waals surface area contributed by atoms with Gasteiger partial charge in [-0.3, -0.25) is 14.8 Å². The highest BCUT2D eigenvalue weighted by Gasteiger charge is 2.57. The summed E-state index contributed by atoms with van der Waals surface area (Å²) in [7, 11) is 0. The SMILES string of the molecule is Cc1cc(C2(O)C(=O)C(c3ccccc3)=NC2(C)C)ccn1. The molecule has 2 heterocycles. The topological polar surface area (TPSA) is 62.5 Å². The van der Waals surface area contributed by atoms with E-state index in [9.17, 15) is 9.90 Å². The quantitative estimate of drug-likeness (QED) is 0.925. The van der Waals surface area contributed by atoms with Crippen LogP contribution in [0.3, 0.4) is 0 Å². The highest BCUT2D eigenvalue weighted by Crippen LogP contribution is 2.42. The summed E-state index contributed by atoms with van der Waals surface area (Å²) < 4.78 is 0. The second kappa shape index (κ2) is 4.85. The number of rotatable bonds is 2. The number of aryl methyl sites for hydroxylation is 1. The van der Waals surface area contributed by atoms with Gasteiger partial charge in [0, 0.05) is 17.5 Å². The smallest absolute Gasteiger partial charge is 0.219 e. The minimum Gasteiger partial charge on any atom is -0.375 e. The molecule has 112 valence electrons. The maximum atomic E-state index is 13.0. The van der Waals surface area contributed by atoms with Gasteiger partial charge in [-0.15, -0.1) is 0 Å². The predicted octanol–water partition coefficient (Wildman–Crippen LogP) is 2.43. The molecule has 1 N–H and O–H groups in total. The molecular weight excluding hydrogens is 276 g/mol. The number of benzene rings is 1. The zero-order valence-electron chi connectivity index (χ0n) is 12.9. The Kier molecular flexibility index (Phi) is 3.22. The standard InChI is InChI=1S/C18H18N2O2/c1-12-11-14(9-10-19-12)18(22)16(21)15(20-17(18,2)3)13-7-5-4-6-8-13/h4-11,22H,1-3H3. The van der Waals surface area contributed by atoms with Crippen LogP contribution >= 0.6 is 0 Å². The first-order chi connectivity index (χ1) is 10.4. The Bertz CT molecular complexity index is 766. The summed E-state index contributed by atoms with van der Waals surface area (Å²) in [5, 5.41) is 11.2. The Labute approximate surface area is 129 Å². The number of hydrogen-bond acceptors (Lipinski definition) is 4. The van der Waals surface area contributed by atoms with Gasteiger partial charge in [0.1, 0.15) is 5.71 Å². The average Bonchev–Trinajstić information content (AvgIpc) is 2.69. The Balaban J connectivity index is 2.14. The highest BCUT2D eigenvalue weighted by atomic mass is 16.3. The molecule has 1 aliphatic rings. The molecule has 1 unspecified atom stereocenters. The molecular formula is C18H18N2O2. The second-order valence-corrected chi connectivity index (χ2v) is 6.11. The molecule has 4 nitrogen and oxygen atoms in total. The lowest BCUT2D eigenvalue weighted by molar-refractivity contribution is -0.134. The van der Waals surface area contributed by atoms with Gasteiger partial charge in [-0.25, -0.2) is 0 Å². The summed E-state index contributed by atoms with van der Waals surface area (Å²) in [5.74, 6) is -0.366. The average molecular weight is 294 g/mol. The van der Waals surface area contributed by atoms with Gasteiger partial charge in [-0.1, -0.05) is 30.3 Å². The normalized spacial score (nSPS) is 23.5. The van der Waals surface area contributed by atoms with Gasteiger partial charge in [0.05, 0.1) is 5.54 Å². The van der Waals surface area contributed by atoms with Crippen molar-refractivity contribution in [2.75, 3.05) is 0 Å². The zero-order valence-corrected chi connectivity index (χ0v) is 12.9. The van der Waals surface area contributed by atoms with Gasteiger partial charge < -0.3 is 5.11 Å². The van der Waals surface area contributed by atoms with Crippen LogP contribution in [0.15, 0.2) is 53.7 Å². The molecule has 0 fully saturated rings. The van der Waals surface area contributed by atoms with E-state index in [0.29, 0.717) is 11.3 Å². The van der Waals surface area contributed by atoms with E-state index in [1.807, 2.05) is 37.3 Å². The van der Waals surface area contributed by atoms with E-state index in [0.717, 1.165) is 11.3 Å². The minimum atomic E-state index is -1.67. The number of carbonyl (C=O) groups excluding carboxylic acids is 1. The van der Waals surface area contributed by atoms with E-state index in [-0.39, 0.29) is 5.78 Å². The molecule has 4 heteroatoms. The first-order valence-electron chi connectivity index (χ1n) is 7.22. The number of pyridine rings is 1. The molecule has 0 spiro atoms. The minimum absolute atomic E-state index is 0.322. The predicted molar refractivity (Wildman–Crippen MR) is 84.9 cm³/mol. The van der Waals surface area contributed by atoms with Crippen molar-refractivity contribution in [3.05, 3.63) is 65.5 Å². The van der Waals surface area contributed by atoms with Crippen LogP contribution in [0.1, 0.15) is 30.7 Å². The maximum Gasteiger partial charge on any atom is 0.219 e. The summed E-state index contributed by atoms with van der Waals surface area (Å²) in [6, 6.07) is 12.7. The lowest BCUT2D eigenvalue weighted by Gasteiger charge is -2.33. The van der Waals surface area contributed by atoms with Crippen LogP contribution in [0.4, 0.5) is 0 Å². The number of nitrogens with zero attached hydrogens (tertiary/aromatic N) is 2. The molecule has 1 aromatic carbocycles. The van der Waals surface area contributed by atoms with Crippen molar-refractivity contribution in [1.82, 2.24) is 4.98 Å². The van der Waals surface area contributed by atoms with Crippen LogP contribution < -0.4 is 0 Å². The summed E-state index contributed by atoms with van der Waals surface area (Å²) in [4.78, 5) is 21.6. The molecule has 3 rings (SSSR count). The van der Waals surface area contributed by atoms with Crippen molar-refractivity contribution in [3.63, 3.8) is 0 Å². The zero-order chi connectivity index (χ0) is 16.0. The third-order valence-corrected chi connectivity index (χ3v) is 4.18. The fraction of sp³-hybridized carbons (Fsp3) is 0.278. The molecule has 1 aromatic heterocycles. The van der Waals surface area contributed by atoms with Crippen LogP contribution in [0.5, 0.6) is 0 Å². The van der Waals surface area contributed by atoms with E-state index < -0.39 is 11.1 Å². The Hall–Kier alpha value is -2.33.